The molecular weight excluding hydrogens is 302 g/mol. The number of benzene rings is 1. The summed E-state index contributed by atoms with van der Waals surface area (Å²) < 4.78 is 1.13. The molecule has 104 valence electrons. The van der Waals surface area contributed by atoms with Crippen LogP contribution in [0.3, 0.4) is 0 Å². The Kier molecular flexibility index (Phi) is 3.58. The molecule has 1 aromatic rings. The maximum absolute atomic E-state index is 6.16. The summed E-state index contributed by atoms with van der Waals surface area (Å²) in [5.41, 5.74) is 8.66. The average molecular weight is 324 g/mol. The van der Waals surface area contributed by atoms with E-state index in [1.807, 2.05) is 0 Å². The fraction of sp³-hybridized carbons (Fsp3) is 0.600. The Hall–Kier alpha value is -0.580. The van der Waals surface area contributed by atoms with Crippen LogP contribution in [0.2, 0.25) is 0 Å². The largest absolute Gasteiger partial charge is 0.376 e. The van der Waals surface area contributed by atoms with E-state index in [0.29, 0.717) is 12.6 Å². The molecule has 0 aromatic heterocycles. The zero-order valence-corrected chi connectivity index (χ0v) is 13.0. The topological polar surface area (TPSA) is 41.3 Å². The number of hydrogen-bond donors (Lipinski definition) is 2. The lowest BCUT2D eigenvalue weighted by molar-refractivity contribution is 0.280. The molecule has 2 heterocycles. The third-order valence-electron chi connectivity index (χ3n) is 4.72. The van der Waals surface area contributed by atoms with Crippen molar-refractivity contribution >= 4 is 21.6 Å². The van der Waals surface area contributed by atoms with Gasteiger partial charge in [0.2, 0.25) is 0 Å². The van der Waals surface area contributed by atoms with Crippen LogP contribution >= 0.6 is 15.9 Å². The number of nitrogens with one attached hydrogen (secondary N) is 1. The Balaban J connectivity index is 1.89. The van der Waals surface area contributed by atoms with E-state index in [0.717, 1.165) is 10.9 Å². The van der Waals surface area contributed by atoms with Crippen LogP contribution in [0.1, 0.15) is 24.8 Å². The fourth-order valence-electron chi connectivity index (χ4n) is 3.67. The Morgan fingerprint density at radius 3 is 3.11 bits per heavy atom. The van der Waals surface area contributed by atoms with Crippen LogP contribution in [0.4, 0.5) is 5.69 Å². The Bertz CT molecular complexity index is 476. The number of nitrogens with two attached hydrogens (primary N) is 1. The van der Waals surface area contributed by atoms with E-state index in [4.69, 9.17) is 5.73 Å². The lowest BCUT2D eigenvalue weighted by Crippen LogP contribution is -2.53. The molecule has 0 bridgehead atoms. The highest BCUT2D eigenvalue weighted by molar-refractivity contribution is 9.10. The van der Waals surface area contributed by atoms with Gasteiger partial charge in [0.15, 0.2) is 0 Å². The molecular formula is C15H22BrN3. The third-order valence-corrected chi connectivity index (χ3v) is 5.41. The lowest BCUT2D eigenvalue weighted by Gasteiger charge is -2.36. The molecule has 3 N–H and O–H groups in total. The van der Waals surface area contributed by atoms with Crippen LogP contribution in [0.15, 0.2) is 22.7 Å². The molecule has 2 aliphatic rings. The smallest absolute Gasteiger partial charge is 0.0662 e. The van der Waals surface area contributed by atoms with Crippen LogP contribution in [-0.4, -0.2) is 36.1 Å². The molecule has 3 nitrogen and oxygen atoms in total. The molecule has 2 aliphatic heterocycles. The molecule has 1 aromatic carbocycles. The molecule has 0 saturated carbocycles. The predicted molar refractivity (Wildman–Crippen MR) is 83.5 cm³/mol. The van der Waals surface area contributed by atoms with Gasteiger partial charge < -0.3 is 11.1 Å². The molecule has 2 atom stereocenters. The standard InChI is InChI=1S/C15H22BrN3/c1-11-4-5-12(16)13(9-11)18-15(10-17)6-8-19-7-2-3-14(15)19/h4-5,9,14,18H,2-3,6-8,10,17H2,1H3. The molecule has 0 aliphatic carbocycles. The summed E-state index contributed by atoms with van der Waals surface area (Å²) in [6, 6.07) is 7.05. The molecule has 2 fully saturated rings. The van der Waals surface area contributed by atoms with Gasteiger partial charge in [0.25, 0.3) is 0 Å². The van der Waals surface area contributed by atoms with Gasteiger partial charge in [-0.15, -0.1) is 0 Å². The quantitative estimate of drug-likeness (QED) is 0.898. The Morgan fingerprint density at radius 1 is 1.47 bits per heavy atom. The summed E-state index contributed by atoms with van der Waals surface area (Å²) >= 11 is 3.65. The van der Waals surface area contributed by atoms with Gasteiger partial charge in [-0.05, 0) is 66.4 Å². The number of nitrogens with zero attached hydrogens (tertiary/aromatic N) is 1. The van der Waals surface area contributed by atoms with E-state index in [-0.39, 0.29) is 5.54 Å². The minimum absolute atomic E-state index is 0.0484. The first-order chi connectivity index (χ1) is 9.14. The van der Waals surface area contributed by atoms with Crippen molar-refractivity contribution in [2.45, 2.75) is 37.8 Å². The molecule has 0 amide bonds. The van der Waals surface area contributed by atoms with E-state index in [1.165, 1.54) is 37.2 Å². The van der Waals surface area contributed by atoms with E-state index in [2.05, 4.69) is 51.3 Å². The van der Waals surface area contributed by atoms with Crippen LogP contribution in [0.25, 0.3) is 0 Å². The zero-order valence-electron chi connectivity index (χ0n) is 11.5. The van der Waals surface area contributed by atoms with Crippen molar-refractivity contribution in [3.8, 4) is 0 Å². The van der Waals surface area contributed by atoms with Crippen LogP contribution in [-0.2, 0) is 0 Å². The number of hydrogen-bond acceptors (Lipinski definition) is 3. The average Bonchev–Trinajstić information content (AvgIpc) is 2.98. The second-order valence-electron chi connectivity index (χ2n) is 5.91. The summed E-state index contributed by atoms with van der Waals surface area (Å²) in [5, 5.41) is 3.77. The maximum atomic E-state index is 6.16. The monoisotopic (exact) mass is 323 g/mol. The molecule has 4 heteroatoms. The van der Waals surface area contributed by atoms with E-state index < -0.39 is 0 Å². The summed E-state index contributed by atoms with van der Waals surface area (Å²) in [6.45, 7) is 5.25. The normalized spacial score (nSPS) is 30.6. The molecule has 3 rings (SSSR count). The van der Waals surface area contributed by atoms with Crippen molar-refractivity contribution in [2.24, 2.45) is 5.73 Å². The fourth-order valence-corrected chi connectivity index (χ4v) is 4.01. The first-order valence-electron chi connectivity index (χ1n) is 7.13. The summed E-state index contributed by atoms with van der Waals surface area (Å²) in [4.78, 5) is 2.60. The second kappa shape index (κ2) is 5.08. The van der Waals surface area contributed by atoms with Gasteiger partial charge in [0.05, 0.1) is 5.54 Å². The number of anilines is 1. The van der Waals surface area contributed by atoms with Crippen molar-refractivity contribution in [3.05, 3.63) is 28.2 Å². The van der Waals surface area contributed by atoms with E-state index in [9.17, 15) is 0 Å². The number of aryl methyl sites for hydroxylation is 1. The highest BCUT2D eigenvalue weighted by Crippen LogP contribution is 2.39. The van der Waals surface area contributed by atoms with Gasteiger partial charge in [-0.2, -0.15) is 0 Å². The number of halogens is 1. The molecule has 0 radical (unpaired) electrons. The van der Waals surface area contributed by atoms with Crippen molar-refractivity contribution in [3.63, 3.8) is 0 Å². The van der Waals surface area contributed by atoms with Crippen LogP contribution < -0.4 is 11.1 Å². The first kappa shape index (κ1) is 13.4. The molecule has 2 unspecified atom stereocenters. The highest BCUT2D eigenvalue weighted by Gasteiger charge is 2.48. The van der Waals surface area contributed by atoms with E-state index >= 15 is 0 Å². The third kappa shape index (κ3) is 2.30. The van der Waals surface area contributed by atoms with Gasteiger partial charge in [-0.25, -0.2) is 0 Å². The van der Waals surface area contributed by atoms with Crippen molar-refractivity contribution in [1.29, 1.82) is 0 Å². The zero-order chi connectivity index (χ0) is 13.5. The maximum Gasteiger partial charge on any atom is 0.0662 e. The summed E-state index contributed by atoms with van der Waals surface area (Å²) in [7, 11) is 0. The lowest BCUT2D eigenvalue weighted by atomic mass is 9.88. The predicted octanol–water partition coefficient (Wildman–Crippen LogP) is 2.74. The van der Waals surface area contributed by atoms with E-state index in [1.54, 1.807) is 0 Å². The van der Waals surface area contributed by atoms with Crippen LogP contribution in [0.5, 0.6) is 0 Å². The summed E-state index contributed by atoms with van der Waals surface area (Å²) in [5.74, 6) is 0. The first-order valence-corrected chi connectivity index (χ1v) is 7.92. The van der Waals surface area contributed by atoms with Crippen molar-refractivity contribution in [2.75, 3.05) is 25.0 Å². The van der Waals surface area contributed by atoms with Crippen molar-refractivity contribution in [1.82, 2.24) is 4.90 Å². The van der Waals surface area contributed by atoms with Gasteiger partial charge in [0.1, 0.15) is 0 Å². The Morgan fingerprint density at radius 2 is 2.32 bits per heavy atom. The minimum Gasteiger partial charge on any atom is -0.376 e. The summed E-state index contributed by atoms with van der Waals surface area (Å²) in [6.07, 6.45) is 3.73. The Labute approximate surface area is 123 Å². The molecule has 19 heavy (non-hydrogen) atoms. The SMILES string of the molecule is Cc1ccc(Br)c(NC2(CN)CCN3CCCC32)c1. The minimum atomic E-state index is 0.0484. The van der Waals surface area contributed by atoms with Crippen molar-refractivity contribution < 1.29 is 0 Å². The highest BCUT2D eigenvalue weighted by atomic mass is 79.9. The van der Waals surface area contributed by atoms with Gasteiger partial charge in [-0.1, -0.05) is 6.07 Å². The van der Waals surface area contributed by atoms with Gasteiger partial charge in [-0.3, -0.25) is 4.90 Å². The number of rotatable bonds is 3. The van der Waals surface area contributed by atoms with Crippen LogP contribution in [0, 0.1) is 6.92 Å². The van der Waals surface area contributed by atoms with Gasteiger partial charge in [0, 0.05) is 29.3 Å². The second-order valence-corrected chi connectivity index (χ2v) is 6.77. The number of fused-ring (bicyclic) bond motifs is 1. The molecule has 2 saturated heterocycles. The van der Waals surface area contributed by atoms with Gasteiger partial charge >= 0.3 is 0 Å². The molecule has 0 spiro atoms.